The molecule has 18 heavy (non-hydrogen) atoms. The molecule has 1 heteroatoms. The predicted octanol–water partition coefficient (Wildman–Crippen LogP) is 4.86. The zero-order chi connectivity index (χ0) is 12.8. The summed E-state index contributed by atoms with van der Waals surface area (Å²) in [5, 5.41) is 0. The Hall–Kier alpha value is -0.0400. The van der Waals surface area contributed by atoms with Crippen molar-refractivity contribution in [3.63, 3.8) is 0 Å². The third kappa shape index (κ3) is 3.73. The van der Waals surface area contributed by atoms with Gasteiger partial charge in [-0.2, -0.15) is 0 Å². The van der Waals surface area contributed by atoms with Gasteiger partial charge in [-0.3, -0.25) is 0 Å². The van der Waals surface area contributed by atoms with Crippen LogP contribution in [0.2, 0.25) is 0 Å². The van der Waals surface area contributed by atoms with E-state index in [0.717, 1.165) is 17.9 Å². The molecule has 2 atom stereocenters. The Bertz CT molecular complexity index is 216. The van der Waals surface area contributed by atoms with Crippen LogP contribution in [-0.2, 0) is 0 Å². The molecule has 1 heterocycles. The number of piperidine rings is 1. The molecular weight excluding hydrogens is 218 g/mol. The molecule has 1 nitrogen and oxygen atoms in total. The van der Waals surface area contributed by atoms with Crippen molar-refractivity contribution < 1.29 is 0 Å². The quantitative estimate of drug-likeness (QED) is 0.677. The van der Waals surface area contributed by atoms with Crippen molar-refractivity contribution in [1.82, 2.24) is 4.90 Å². The number of hydrogen-bond donors (Lipinski definition) is 0. The van der Waals surface area contributed by atoms with Crippen LogP contribution in [0, 0.1) is 11.8 Å². The van der Waals surface area contributed by atoms with Crippen molar-refractivity contribution in [3.05, 3.63) is 0 Å². The van der Waals surface area contributed by atoms with Crippen molar-refractivity contribution in [2.24, 2.45) is 11.8 Å². The molecule has 2 unspecified atom stereocenters. The van der Waals surface area contributed by atoms with Crippen LogP contribution in [-0.4, -0.2) is 24.5 Å². The molecule has 1 aliphatic carbocycles. The highest BCUT2D eigenvalue weighted by Gasteiger charge is 2.33. The SMILES string of the molecule is CCC1C(C2CCCCCCCC2)CCCN1C. The summed E-state index contributed by atoms with van der Waals surface area (Å²) in [5.74, 6) is 2.04. The molecule has 0 radical (unpaired) electrons. The highest BCUT2D eigenvalue weighted by molar-refractivity contribution is 4.86. The lowest BCUT2D eigenvalue weighted by Crippen LogP contribution is -2.45. The Morgan fingerprint density at radius 1 is 0.833 bits per heavy atom. The molecule has 2 aliphatic rings. The monoisotopic (exact) mass is 251 g/mol. The lowest BCUT2D eigenvalue weighted by atomic mass is 9.74. The van der Waals surface area contributed by atoms with Gasteiger partial charge in [-0.1, -0.05) is 58.3 Å². The molecule has 0 N–H and O–H groups in total. The van der Waals surface area contributed by atoms with Gasteiger partial charge in [0.1, 0.15) is 0 Å². The van der Waals surface area contributed by atoms with Gasteiger partial charge in [0.05, 0.1) is 0 Å². The van der Waals surface area contributed by atoms with Crippen LogP contribution in [0.1, 0.15) is 77.6 Å². The van der Waals surface area contributed by atoms with Gasteiger partial charge in [0.15, 0.2) is 0 Å². The molecule has 1 aliphatic heterocycles. The van der Waals surface area contributed by atoms with E-state index in [2.05, 4.69) is 18.9 Å². The molecule has 0 spiro atoms. The number of nitrogens with zero attached hydrogens (tertiary/aromatic N) is 1. The Balaban J connectivity index is 1.96. The summed E-state index contributed by atoms with van der Waals surface area (Å²) in [6, 6.07) is 0.879. The predicted molar refractivity (Wildman–Crippen MR) is 79.9 cm³/mol. The van der Waals surface area contributed by atoms with Crippen LogP contribution < -0.4 is 0 Å². The van der Waals surface area contributed by atoms with E-state index in [4.69, 9.17) is 0 Å². The number of hydrogen-bond acceptors (Lipinski definition) is 1. The highest BCUT2D eigenvalue weighted by Crippen LogP contribution is 2.37. The molecule has 1 saturated carbocycles. The van der Waals surface area contributed by atoms with E-state index in [-0.39, 0.29) is 0 Å². The molecular formula is C17H33N. The van der Waals surface area contributed by atoms with E-state index in [1.54, 1.807) is 0 Å². The van der Waals surface area contributed by atoms with E-state index < -0.39 is 0 Å². The van der Waals surface area contributed by atoms with Crippen molar-refractivity contribution in [2.45, 2.75) is 83.6 Å². The molecule has 0 aromatic rings. The minimum absolute atomic E-state index is 0.879. The van der Waals surface area contributed by atoms with E-state index in [1.165, 1.54) is 77.2 Å². The second-order valence-electron chi connectivity index (χ2n) is 6.72. The topological polar surface area (TPSA) is 3.24 Å². The minimum Gasteiger partial charge on any atom is -0.303 e. The van der Waals surface area contributed by atoms with Crippen LogP contribution in [0.3, 0.4) is 0 Å². The standard InChI is InChI=1S/C17H33N/c1-3-17-16(13-10-14-18(17)2)15-11-8-6-4-5-7-9-12-15/h15-17H,3-14H2,1-2H3. The Kier molecular flexibility index (Phi) is 6.01. The van der Waals surface area contributed by atoms with Gasteiger partial charge in [0.2, 0.25) is 0 Å². The molecule has 2 rings (SSSR count). The minimum atomic E-state index is 0.879. The fraction of sp³-hybridized carbons (Fsp3) is 1.00. The Labute approximate surface area is 114 Å². The molecule has 1 saturated heterocycles. The maximum atomic E-state index is 2.65. The first kappa shape index (κ1) is 14.4. The first-order chi connectivity index (χ1) is 8.83. The first-order valence-corrected chi connectivity index (χ1v) is 8.53. The molecule has 0 aromatic heterocycles. The van der Waals surface area contributed by atoms with Gasteiger partial charge in [-0.15, -0.1) is 0 Å². The summed E-state index contributed by atoms with van der Waals surface area (Å²) in [4.78, 5) is 2.65. The van der Waals surface area contributed by atoms with E-state index in [1.807, 2.05) is 0 Å². The number of rotatable bonds is 2. The maximum Gasteiger partial charge on any atom is 0.0120 e. The summed E-state index contributed by atoms with van der Waals surface area (Å²) >= 11 is 0. The van der Waals surface area contributed by atoms with Crippen molar-refractivity contribution in [2.75, 3.05) is 13.6 Å². The van der Waals surface area contributed by atoms with E-state index in [0.29, 0.717) is 0 Å². The highest BCUT2D eigenvalue weighted by atomic mass is 15.1. The molecule has 2 fully saturated rings. The summed E-state index contributed by atoms with van der Waals surface area (Å²) in [5.41, 5.74) is 0. The average Bonchev–Trinajstić information content (AvgIpc) is 2.51. The molecule has 0 amide bonds. The van der Waals surface area contributed by atoms with Gasteiger partial charge in [0, 0.05) is 6.04 Å². The van der Waals surface area contributed by atoms with E-state index >= 15 is 0 Å². The van der Waals surface area contributed by atoms with Gasteiger partial charge in [0.25, 0.3) is 0 Å². The first-order valence-electron chi connectivity index (χ1n) is 8.53. The van der Waals surface area contributed by atoms with Crippen molar-refractivity contribution in [3.8, 4) is 0 Å². The van der Waals surface area contributed by atoms with Crippen molar-refractivity contribution >= 4 is 0 Å². The fourth-order valence-corrected chi connectivity index (χ4v) is 4.52. The summed E-state index contributed by atoms with van der Waals surface area (Å²) in [6.07, 6.45) is 16.3. The summed E-state index contributed by atoms with van der Waals surface area (Å²) in [7, 11) is 2.36. The van der Waals surface area contributed by atoms with Gasteiger partial charge in [-0.25, -0.2) is 0 Å². The second kappa shape index (κ2) is 7.53. The average molecular weight is 251 g/mol. The molecule has 0 bridgehead atoms. The van der Waals surface area contributed by atoms with Crippen LogP contribution >= 0.6 is 0 Å². The maximum absolute atomic E-state index is 2.65. The lowest BCUT2D eigenvalue weighted by Gasteiger charge is -2.43. The Morgan fingerprint density at radius 2 is 1.44 bits per heavy atom. The van der Waals surface area contributed by atoms with Gasteiger partial charge >= 0.3 is 0 Å². The normalized spacial score (nSPS) is 33.7. The lowest BCUT2D eigenvalue weighted by molar-refractivity contribution is 0.0694. The zero-order valence-electron chi connectivity index (χ0n) is 12.7. The van der Waals surface area contributed by atoms with Crippen LogP contribution in [0.15, 0.2) is 0 Å². The fourth-order valence-electron chi connectivity index (χ4n) is 4.52. The van der Waals surface area contributed by atoms with Crippen LogP contribution in [0.4, 0.5) is 0 Å². The van der Waals surface area contributed by atoms with Crippen LogP contribution in [0.25, 0.3) is 0 Å². The third-order valence-electron chi connectivity index (χ3n) is 5.53. The van der Waals surface area contributed by atoms with Crippen LogP contribution in [0.5, 0.6) is 0 Å². The van der Waals surface area contributed by atoms with E-state index in [9.17, 15) is 0 Å². The van der Waals surface area contributed by atoms with Gasteiger partial charge in [-0.05, 0) is 44.7 Å². The molecule has 0 aromatic carbocycles. The third-order valence-corrected chi connectivity index (χ3v) is 5.53. The summed E-state index contributed by atoms with van der Waals surface area (Å²) in [6.45, 7) is 3.73. The second-order valence-corrected chi connectivity index (χ2v) is 6.72. The zero-order valence-corrected chi connectivity index (χ0v) is 12.7. The largest absolute Gasteiger partial charge is 0.303 e. The smallest absolute Gasteiger partial charge is 0.0120 e. The molecule has 106 valence electrons. The Morgan fingerprint density at radius 3 is 2.06 bits per heavy atom. The number of likely N-dealkylation sites (tertiary alicyclic amines) is 1. The van der Waals surface area contributed by atoms with Gasteiger partial charge < -0.3 is 4.90 Å². The van der Waals surface area contributed by atoms with Crippen molar-refractivity contribution in [1.29, 1.82) is 0 Å². The summed E-state index contributed by atoms with van der Waals surface area (Å²) < 4.78 is 0.